The predicted octanol–water partition coefficient (Wildman–Crippen LogP) is 0.520. The van der Waals surface area contributed by atoms with Crippen molar-refractivity contribution in [3.63, 3.8) is 0 Å². The minimum absolute atomic E-state index is 0.268. The van der Waals surface area contributed by atoms with Gasteiger partial charge in [-0.15, -0.1) is 0 Å². The van der Waals surface area contributed by atoms with Crippen molar-refractivity contribution in [3.8, 4) is 0 Å². The van der Waals surface area contributed by atoms with Crippen molar-refractivity contribution in [1.29, 1.82) is 0 Å². The van der Waals surface area contributed by atoms with Crippen molar-refractivity contribution < 1.29 is 4.74 Å². The second-order valence-corrected chi connectivity index (χ2v) is 6.19. The number of fused-ring (bicyclic) bond motifs is 2. The van der Waals surface area contributed by atoms with Crippen molar-refractivity contribution in [2.24, 2.45) is 11.7 Å². The second-order valence-electron chi connectivity index (χ2n) is 6.19. The van der Waals surface area contributed by atoms with Gasteiger partial charge < -0.3 is 15.4 Å². The van der Waals surface area contributed by atoms with Crippen LogP contribution in [0.5, 0.6) is 0 Å². The highest BCUT2D eigenvalue weighted by molar-refractivity contribution is 5.06. The Kier molecular flexibility index (Phi) is 3.63. The maximum atomic E-state index is 6.24. The van der Waals surface area contributed by atoms with E-state index in [1.54, 1.807) is 0 Å². The van der Waals surface area contributed by atoms with Crippen LogP contribution in [0.3, 0.4) is 0 Å². The lowest BCUT2D eigenvalue weighted by Gasteiger charge is -2.52. The van der Waals surface area contributed by atoms with Gasteiger partial charge in [-0.25, -0.2) is 0 Å². The first kappa shape index (κ1) is 12.9. The summed E-state index contributed by atoms with van der Waals surface area (Å²) in [6.45, 7) is 9.88. The molecule has 4 nitrogen and oxygen atoms in total. The van der Waals surface area contributed by atoms with Gasteiger partial charge in [-0.2, -0.15) is 0 Å². The SMILES string of the molecule is CCC1CN(C2(CN)CCN3CCC2C3)CCO1. The standard InChI is InChI=1S/C14H27N3O/c1-2-13-10-17(7-8-18-13)14(11-15)4-6-16-5-3-12(14)9-16/h12-13H,2-11,15H2,1H3. The topological polar surface area (TPSA) is 41.7 Å². The van der Waals surface area contributed by atoms with Crippen LogP contribution in [0.1, 0.15) is 26.2 Å². The van der Waals surface area contributed by atoms with Crippen molar-refractivity contribution in [2.45, 2.75) is 37.8 Å². The maximum Gasteiger partial charge on any atom is 0.0700 e. The van der Waals surface area contributed by atoms with Gasteiger partial charge in [0, 0.05) is 31.7 Å². The minimum Gasteiger partial charge on any atom is -0.376 e. The van der Waals surface area contributed by atoms with Gasteiger partial charge in [0.05, 0.1) is 12.7 Å². The van der Waals surface area contributed by atoms with Gasteiger partial charge in [0.15, 0.2) is 0 Å². The normalized spacial score (nSPS) is 45.3. The lowest BCUT2D eigenvalue weighted by Crippen LogP contribution is -2.65. The number of piperidine rings is 1. The van der Waals surface area contributed by atoms with Crippen LogP contribution in [0.15, 0.2) is 0 Å². The zero-order valence-electron chi connectivity index (χ0n) is 11.6. The quantitative estimate of drug-likeness (QED) is 0.796. The van der Waals surface area contributed by atoms with Gasteiger partial charge in [0.1, 0.15) is 0 Å². The summed E-state index contributed by atoms with van der Waals surface area (Å²) in [6, 6.07) is 0. The van der Waals surface area contributed by atoms with Gasteiger partial charge in [0.2, 0.25) is 0 Å². The lowest BCUT2D eigenvalue weighted by molar-refractivity contribution is -0.0932. The fraction of sp³-hybridized carbons (Fsp3) is 1.00. The van der Waals surface area contributed by atoms with Crippen LogP contribution in [0, 0.1) is 5.92 Å². The molecule has 0 spiro atoms. The summed E-state index contributed by atoms with van der Waals surface area (Å²) in [5.74, 6) is 0.784. The maximum absolute atomic E-state index is 6.24. The second kappa shape index (κ2) is 5.08. The monoisotopic (exact) mass is 253 g/mol. The third-order valence-corrected chi connectivity index (χ3v) is 5.47. The van der Waals surface area contributed by atoms with E-state index in [4.69, 9.17) is 10.5 Å². The van der Waals surface area contributed by atoms with E-state index in [-0.39, 0.29) is 5.54 Å². The molecule has 3 saturated heterocycles. The molecule has 3 fully saturated rings. The number of hydrogen-bond acceptors (Lipinski definition) is 4. The molecule has 4 heteroatoms. The minimum atomic E-state index is 0.268. The Labute approximate surface area is 110 Å². The number of nitrogens with two attached hydrogens (primary N) is 1. The highest BCUT2D eigenvalue weighted by Crippen LogP contribution is 2.40. The largest absolute Gasteiger partial charge is 0.376 e. The molecule has 2 bridgehead atoms. The Morgan fingerprint density at radius 3 is 2.94 bits per heavy atom. The first-order chi connectivity index (χ1) is 8.78. The van der Waals surface area contributed by atoms with Gasteiger partial charge in [-0.3, -0.25) is 4.90 Å². The summed E-state index contributed by atoms with van der Waals surface area (Å²) >= 11 is 0. The molecule has 3 rings (SSSR count). The number of ether oxygens (including phenoxy) is 1. The summed E-state index contributed by atoms with van der Waals surface area (Å²) < 4.78 is 5.82. The average molecular weight is 253 g/mol. The molecule has 104 valence electrons. The van der Waals surface area contributed by atoms with Crippen molar-refractivity contribution in [1.82, 2.24) is 9.80 Å². The molecule has 3 aliphatic rings. The van der Waals surface area contributed by atoms with E-state index in [2.05, 4.69) is 16.7 Å². The number of nitrogens with zero attached hydrogens (tertiary/aromatic N) is 2. The molecule has 0 amide bonds. The molecule has 0 radical (unpaired) electrons. The Morgan fingerprint density at radius 1 is 1.28 bits per heavy atom. The molecule has 3 aliphatic heterocycles. The summed E-state index contributed by atoms with van der Waals surface area (Å²) in [7, 11) is 0. The summed E-state index contributed by atoms with van der Waals surface area (Å²) in [5.41, 5.74) is 6.51. The van der Waals surface area contributed by atoms with Crippen LogP contribution in [0.4, 0.5) is 0 Å². The van der Waals surface area contributed by atoms with E-state index in [0.29, 0.717) is 6.10 Å². The molecule has 0 aromatic carbocycles. The number of morpholine rings is 1. The van der Waals surface area contributed by atoms with Gasteiger partial charge >= 0.3 is 0 Å². The van der Waals surface area contributed by atoms with Crippen LogP contribution >= 0.6 is 0 Å². The molecule has 4 atom stereocenters. The lowest BCUT2D eigenvalue weighted by atomic mass is 9.76. The molecule has 0 saturated carbocycles. The van der Waals surface area contributed by atoms with Crippen LogP contribution in [-0.2, 0) is 4.74 Å². The van der Waals surface area contributed by atoms with E-state index < -0.39 is 0 Å². The van der Waals surface area contributed by atoms with E-state index >= 15 is 0 Å². The van der Waals surface area contributed by atoms with Crippen molar-refractivity contribution >= 4 is 0 Å². The molecule has 0 aromatic rings. The van der Waals surface area contributed by atoms with Crippen LogP contribution < -0.4 is 5.73 Å². The smallest absolute Gasteiger partial charge is 0.0700 e. The molecule has 3 heterocycles. The Bertz CT molecular complexity index is 299. The molecule has 18 heavy (non-hydrogen) atoms. The van der Waals surface area contributed by atoms with Gasteiger partial charge in [-0.1, -0.05) is 6.92 Å². The Hall–Kier alpha value is -0.160. The van der Waals surface area contributed by atoms with E-state index in [1.165, 1.54) is 32.5 Å². The zero-order chi connectivity index (χ0) is 12.6. The fourth-order valence-corrected chi connectivity index (χ4v) is 4.22. The summed E-state index contributed by atoms with van der Waals surface area (Å²) in [4.78, 5) is 5.29. The van der Waals surface area contributed by atoms with Crippen molar-refractivity contribution in [3.05, 3.63) is 0 Å². The van der Waals surface area contributed by atoms with E-state index in [1.807, 2.05) is 0 Å². The van der Waals surface area contributed by atoms with Crippen LogP contribution in [0.2, 0.25) is 0 Å². The third kappa shape index (κ3) is 1.99. The third-order valence-electron chi connectivity index (χ3n) is 5.47. The van der Waals surface area contributed by atoms with Crippen LogP contribution in [-0.4, -0.2) is 67.3 Å². The molecular weight excluding hydrogens is 226 g/mol. The van der Waals surface area contributed by atoms with E-state index in [9.17, 15) is 0 Å². The molecule has 2 N–H and O–H groups in total. The highest BCUT2D eigenvalue weighted by Gasteiger charge is 2.49. The number of hydrogen-bond donors (Lipinski definition) is 1. The van der Waals surface area contributed by atoms with Crippen molar-refractivity contribution in [2.75, 3.05) is 45.9 Å². The van der Waals surface area contributed by atoms with Gasteiger partial charge in [-0.05, 0) is 38.3 Å². The average Bonchev–Trinajstić information content (AvgIpc) is 2.84. The Morgan fingerprint density at radius 2 is 2.17 bits per heavy atom. The van der Waals surface area contributed by atoms with Gasteiger partial charge in [0.25, 0.3) is 0 Å². The first-order valence-electron chi connectivity index (χ1n) is 7.57. The molecule has 0 aliphatic carbocycles. The van der Waals surface area contributed by atoms with E-state index in [0.717, 1.165) is 38.6 Å². The Balaban J connectivity index is 1.77. The number of rotatable bonds is 3. The molecule has 0 aromatic heterocycles. The summed E-state index contributed by atoms with van der Waals surface area (Å²) in [5, 5.41) is 0. The highest BCUT2D eigenvalue weighted by atomic mass is 16.5. The predicted molar refractivity (Wildman–Crippen MR) is 72.6 cm³/mol. The fourth-order valence-electron chi connectivity index (χ4n) is 4.22. The first-order valence-corrected chi connectivity index (χ1v) is 7.57. The summed E-state index contributed by atoms with van der Waals surface area (Å²) in [6.07, 6.45) is 4.13. The van der Waals surface area contributed by atoms with Crippen LogP contribution in [0.25, 0.3) is 0 Å². The zero-order valence-corrected chi connectivity index (χ0v) is 11.6. The molecular formula is C14H27N3O. The molecule has 4 unspecified atom stereocenters.